The molecule has 0 radical (unpaired) electrons. The molecule has 2 aromatic carbocycles. The highest BCUT2D eigenvalue weighted by Crippen LogP contribution is 2.28. The molecule has 1 amide bonds. The van der Waals surface area contributed by atoms with Crippen LogP contribution in [-0.4, -0.2) is 45.4 Å². The molecule has 1 aliphatic rings. The van der Waals surface area contributed by atoms with E-state index in [9.17, 15) is 9.59 Å². The molecule has 1 aliphatic heterocycles. The Bertz CT molecular complexity index is 810. The summed E-state index contributed by atoms with van der Waals surface area (Å²) < 4.78 is 21.1. The summed E-state index contributed by atoms with van der Waals surface area (Å²) in [6.07, 6.45) is 0.689. The second-order valence-corrected chi connectivity index (χ2v) is 6.00. The molecule has 0 bridgehead atoms. The minimum absolute atomic E-state index is 0.0780. The van der Waals surface area contributed by atoms with Crippen LogP contribution in [0.2, 0.25) is 0 Å². The van der Waals surface area contributed by atoms with Gasteiger partial charge in [0.15, 0.2) is 6.61 Å². The molecule has 0 saturated heterocycles. The summed E-state index contributed by atoms with van der Waals surface area (Å²) in [5, 5.41) is 2.80. The van der Waals surface area contributed by atoms with E-state index in [4.69, 9.17) is 14.2 Å². The Kier molecular flexibility index (Phi) is 5.80. The first-order chi connectivity index (χ1) is 13.1. The number of ether oxygens (including phenoxy) is 4. The van der Waals surface area contributed by atoms with Crippen molar-refractivity contribution in [2.24, 2.45) is 0 Å². The molecule has 0 saturated carbocycles. The monoisotopic (exact) mass is 371 g/mol. The molecule has 0 spiro atoms. The summed E-state index contributed by atoms with van der Waals surface area (Å²) in [6, 6.07) is 12.5. The SMILES string of the molecule is COC(=O)c1ccc(OCC(=O)NC[C@@H]2Cc3ccccc3O2)cc1OC. The normalized spacial score (nSPS) is 14.7. The predicted molar refractivity (Wildman–Crippen MR) is 97.4 cm³/mol. The molecule has 1 heterocycles. The van der Waals surface area contributed by atoms with Gasteiger partial charge in [-0.05, 0) is 23.8 Å². The van der Waals surface area contributed by atoms with Gasteiger partial charge in [0.25, 0.3) is 5.91 Å². The molecule has 0 fully saturated rings. The molecule has 0 aromatic heterocycles. The fourth-order valence-electron chi connectivity index (χ4n) is 2.84. The fourth-order valence-corrected chi connectivity index (χ4v) is 2.84. The van der Waals surface area contributed by atoms with Gasteiger partial charge in [-0.25, -0.2) is 4.79 Å². The maximum absolute atomic E-state index is 12.0. The van der Waals surface area contributed by atoms with E-state index in [-0.39, 0.29) is 24.2 Å². The summed E-state index contributed by atoms with van der Waals surface area (Å²) in [6.45, 7) is 0.252. The number of carbonyl (C=O) groups is 2. The molecule has 27 heavy (non-hydrogen) atoms. The number of benzene rings is 2. The van der Waals surface area contributed by atoms with Gasteiger partial charge in [0, 0.05) is 12.5 Å². The summed E-state index contributed by atoms with van der Waals surface area (Å²) in [5.74, 6) is 0.834. The van der Waals surface area contributed by atoms with Crippen LogP contribution in [0.3, 0.4) is 0 Å². The molecule has 2 aromatic rings. The van der Waals surface area contributed by atoms with Crippen molar-refractivity contribution >= 4 is 11.9 Å². The third-order valence-electron chi connectivity index (χ3n) is 4.19. The number of methoxy groups -OCH3 is 2. The average molecular weight is 371 g/mol. The topological polar surface area (TPSA) is 83.1 Å². The first-order valence-electron chi connectivity index (χ1n) is 8.51. The number of rotatable bonds is 7. The van der Waals surface area contributed by atoms with Crippen molar-refractivity contribution in [1.82, 2.24) is 5.32 Å². The molecule has 7 heteroatoms. The number of esters is 1. The van der Waals surface area contributed by atoms with Gasteiger partial charge in [-0.15, -0.1) is 0 Å². The lowest BCUT2D eigenvalue weighted by Crippen LogP contribution is -2.37. The summed E-state index contributed by atoms with van der Waals surface area (Å²) in [4.78, 5) is 23.7. The van der Waals surface area contributed by atoms with Gasteiger partial charge in [0.05, 0.1) is 20.8 Å². The largest absolute Gasteiger partial charge is 0.496 e. The molecule has 3 rings (SSSR count). The van der Waals surface area contributed by atoms with Gasteiger partial charge in [-0.2, -0.15) is 0 Å². The Balaban J connectivity index is 1.47. The van der Waals surface area contributed by atoms with Crippen molar-refractivity contribution in [2.75, 3.05) is 27.4 Å². The van der Waals surface area contributed by atoms with Crippen molar-refractivity contribution in [1.29, 1.82) is 0 Å². The smallest absolute Gasteiger partial charge is 0.341 e. The Morgan fingerprint density at radius 2 is 2.00 bits per heavy atom. The number of fused-ring (bicyclic) bond motifs is 1. The lowest BCUT2D eigenvalue weighted by molar-refractivity contribution is -0.123. The van der Waals surface area contributed by atoms with Gasteiger partial charge in [0.1, 0.15) is 28.9 Å². The highest BCUT2D eigenvalue weighted by molar-refractivity contribution is 5.92. The molecule has 0 aliphatic carbocycles. The van der Waals surface area contributed by atoms with E-state index < -0.39 is 5.97 Å². The van der Waals surface area contributed by atoms with Gasteiger partial charge in [0.2, 0.25) is 0 Å². The fraction of sp³-hybridized carbons (Fsp3) is 0.300. The van der Waals surface area contributed by atoms with Crippen LogP contribution in [0.25, 0.3) is 0 Å². The third kappa shape index (κ3) is 4.49. The van der Waals surface area contributed by atoms with E-state index in [1.807, 2.05) is 24.3 Å². The molecule has 142 valence electrons. The molecular weight excluding hydrogens is 350 g/mol. The van der Waals surface area contributed by atoms with Crippen molar-refractivity contribution in [3.63, 3.8) is 0 Å². The maximum atomic E-state index is 12.0. The first kappa shape index (κ1) is 18.6. The Labute approximate surface area is 157 Å². The minimum atomic E-state index is -0.506. The number of hydrogen-bond donors (Lipinski definition) is 1. The van der Waals surface area contributed by atoms with Crippen LogP contribution >= 0.6 is 0 Å². The molecule has 7 nitrogen and oxygen atoms in total. The lowest BCUT2D eigenvalue weighted by Gasteiger charge is -2.13. The average Bonchev–Trinajstić information content (AvgIpc) is 3.12. The van der Waals surface area contributed by atoms with Crippen LogP contribution < -0.4 is 19.5 Å². The number of hydrogen-bond acceptors (Lipinski definition) is 6. The van der Waals surface area contributed by atoms with E-state index in [1.165, 1.54) is 26.4 Å². The van der Waals surface area contributed by atoms with Crippen molar-refractivity contribution in [2.45, 2.75) is 12.5 Å². The third-order valence-corrected chi connectivity index (χ3v) is 4.19. The lowest BCUT2D eigenvalue weighted by atomic mass is 10.1. The van der Waals surface area contributed by atoms with Crippen LogP contribution in [-0.2, 0) is 16.0 Å². The van der Waals surface area contributed by atoms with E-state index in [2.05, 4.69) is 10.1 Å². The van der Waals surface area contributed by atoms with Gasteiger partial charge in [-0.3, -0.25) is 4.79 Å². The zero-order valence-corrected chi connectivity index (χ0v) is 15.2. The summed E-state index contributed by atoms with van der Waals surface area (Å²) >= 11 is 0. The second-order valence-electron chi connectivity index (χ2n) is 6.00. The van der Waals surface area contributed by atoms with Crippen molar-refractivity contribution in [3.8, 4) is 17.2 Å². The molecule has 1 atom stereocenters. The molecular formula is C20H21NO6. The summed E-state index contributed by atoms with van der Waals surface area (Å²) in [7, 11) is 2.74. The van der Waals surface area contributed by atoms with Gasteiger partial charge >= 0.3 is 5.97 Å². The highest BCUT2D eigenvalue weighted by Gasteiger charge is 2.22. The summed E-state index contributed by atoms with van der Waals surface area (Å²) in [5.41, 5.74) is 1.43. The minimum Gasteiger partial charge on any atom is -0.496 e. The quantitative estimate of drug-likeness (QED) is 0.750. The molecule has 1 N–H and O–H groups in total. The number of amides is 1. The van der Waals surface area contributed by atoms with E-state index >= 15 is 0 Å². The Hall–Kier alpha value is -3.22. The number of nitrogens with one attached hydrogen (secondary N) is 1. The first-order valence-corrected chi connectivity index (χ1v) is 8.51. The van der Waals surface area contributed by atoms with Crippen LogP contribution in [0.4, 0.5) is 0 Å². The van der Waals surface area contributed by atoms with E-state index in [0.717, 1.165) is 17.7 Å². The maximum Gasteiger partial charge on any atom is 0.341 e. The van der Waals surface area contributed by atoms with Gasteiger partial charge < -0.3 is 24.3 Å². The number of carbonyl (C=O) groups excluding carboxylic acids is 2. The second kappa shape index (κ2) is 8.44. The predicted octanol–water partition coefficient (Wildman–Crippen LogP) is 1.98. The standard InChI is InChI=1S/C20H21NO6/c1-24-18-10-14(7-8-16(18)20(23)25-2)26-12-19(22)21-11-15-9-13-5-3-4-6-17(13)27-15/h3-8,10,15H,9,11-12H2,1-2H3,(H,21,22)/t15-/m0/s1. The Morgan fingerprint density at radius 1 is 1.19 bits per heavy atom. The highest BCUT2D eigenvalue weighted by atomic mass is 16.5. The van der Waals surface area contributed by atoms with Crippen LogP contribution in [0, 0.1) is 0 Å². The van der Waals surface area contributed by atoms with Crippen LogP contribution in [0.1, 0.15) is 15.9 Å². The van der Waals surface area contributed by atoms with Crippen molar-refractivity contribution in [3.05, 3.63) is 53.6 Å². The van der Waals surface area contributed by atoms with E-state index in [1.54, 1.807) is 6.07 Å². The molecule has 0 unspecified atom stereocenters. The Morgan fingerprint density at radius 3 is 2.74 bits per heavy atom. The zero-order chi connectivity index (χ0) is 19.2. The zero-order valence-electron chi connectivity index (χ0n) is 15.2. The van der Waals surface area contributed by atoms with Gasteiger partial charge in [-0.1, -0.05) is 18.2 Å². The number of para-hydroxylation sites is 1. The van der Waals surface area contributed by atoms with Crippen LogP contribution in [0.5, 0.6) is 17.2 Å². The van der Waals surface area contributed by atoms with Crippen molar-refractivity contribution < 1.29 is 28.5 Å². The van der Waals surface area contributed by atoms with Crippen LogP contribution in [0.15, 0.2) is 42.5 Å². The van der Waals surface area contributed by atoms with E-state index in [0.29, 0.717) is 18.0 Å².